The molecule has 0 atom stereocenters. The summed E-state index contributed by atoms with van der Waals surface area (Å²) in [5, 5.41) is 11.0. The highest BCUT2D eigenvalue weighted by Gasteiger charge is 2.16. The van der Waals surface area contributed by atoms with E-state index < -0.39 is 23.2 Å². The van der Waals surface area contributed by atoms with E-state index in [9.17, 15) is 13.6 Å². The molecule has 0 aliphatic carbocycles. The molecule has 3 rings (SSSR count). The van der Waals surface area contributed by atoms with E-state index in [-0.39, 0.29) is 5.75 Å². The fourth-order valence-electron chi connectivity index (χ4n) is 2.31. The second kappa shape index (κ2) is 8.05. The topological polar surface area (TPSA) is 72.7 Å². The molecule has 0 saturated heterocycles. The number of halogens is 2. The third-order valence-corrected chi connectivity index (χ3v) is 4.48. The van der Waals surface area contributed by atoms with Crippen molar-refractivity contribution in [3.8, 4) is 11.4 Å². The quantitative estimate of drug-likeness (QED) is 0.669. The van der Waals surface area contributed by atoms with Gasteiger partial charge in [0.25, 0.3) is 0 Å². The molecule has 1 aromatic carbocycles. The van der Waals surface area contributed by atoms with Crippen LogP contribution in [0.2, 0.25) is 0 Å². The first-order valence-electron chi connectivity index (χ1n) is 7.80. The molecule has 2 aromatic heterocycles. The zero-order valence-electron chi connectivity index (χ0n) is 13.8. The molecule has 0 aliphatic heterocycles. The Labute approximate surface area is 152 Å². The van der Waals surface area contributed by atoms with Gasteiger partial charge in [-0.1, -0.05) is 17.8 Å². The predicted molar refractivity (Wildman–Crippen MR) is 94.6 cm³/mol. The summed E-state index contributed by atoms with van der Waals surface area (Å²) in [6.07, 6.45) is 3.34. The summed E-state index contributed by atoms with van der Waals surface area (Å²) < 4.78 is 29.0. The zero-order chi connectivity index (χ0) is 18.5. The lowest BCUT2D eigenvalue weighted by Crippen LogP contribution is -2.16. The fourth-order valence-corrected chi connectivity index (χ4v) is 3.11. The van der Waals surface area contributed by atoms with Gasteiger partial charge in [-0.25, -0.2) is 8.78 Å². The number of carbonyl (C=O) groups excluding carboxylic acids is 1. The van der Waals surface area contributed by atoms with E-state index in [1.54, 1.807) is 18.5 Å². The summed E-state index contributed by atoms with van der Waals surface area (Å²) in [5.74, 6) is -1.59. The maximum atomic E-state index is 13.6. The van der Waals surface area contributed by atoms with Crippen LogP contribution in [0.15, 0.2) is 47.9 Å². The molecule has 2 heterocycles. The minimum absolute atomic E-state index is 0.0566. The van der Waals surface area contributed by atoms with Crippen LogP contribution in [0, 0.1) is 11.6 Å². The summed E-state index contributed by atoms with van der Waals surface area (Å²) >= 11 is 1.14. The van der Waals surface area contributed by atoms with Crippen LogP contribution in [-0.4, -0.2) is 31.4 Å². The third-order valence-electron chi connectivity index (χ3n) is 3.51. The van der Waals surface area contributed by atoms with Crippen LogP contribution in [0.1, 0.15) is 6.92 Å². The highest BCUT2D eigenvalue weighted by atomic mass is 32.2. The number of nitrogens with zero attached hydrogens (tertiary/aromatic N) is 4. The average molecular weight is 375 g/mol. The fraction of sp³-hybridized carbons (Fsp3) is 0.176. The van der Waals surface area contributed by atoms with Crippen molar-refractivity contribution < 1.29 is 13.6 Å². The van der Waals surface area contributed by atoms with E-state index in [4.69, 9.17) is 0 Å². The summed E-state index contributed by atoms with van der Waals surface area (Å²) in [6, 6.07) is 7.07. The van der Waals surface area contributed by atoms with Crippen LogP contribution in [0.3, 0.4) is 0 Å². The van der Waals surface area contributed by atoms with E-state index >= 15 is 0 Å². The molecule has 1 N–H and O–H groups in total. The van der Waals surface area contributed by atoms with Crippen LogP contribution in [0.5, 0.6) is 0 Å². The van der Waals surface area contributed by atoms with Crippen molar-refractivity contribution in [2.45, 2.75) is 18.6 Å². The second-order valence-corrected chi connectivity index (χ2v) is 6.17. The molecule has 134 valence electrons. The Bertz CT molecular complexity index is 897. The highest BCUT2D eigenvalue weighted by Crippen LogP contribution is 2.24. The Balaban J connectivity index is 1.70. The molecule has 0 aliphatic rings. The number of rotatable bonds is 6. The van der Waals surface area contributed by atoms with Gasteiger partial charge < -0.3 is 9.88 Å². The van der Waals surface area contributed by atoms with Crippen molar-refractivity contribution in [3.05, 3.63) is 54.4 Å². The van der Waals surface area contributed by atoms with Crippen LogP contribution >= 0.6 is 11.8 Å². The van der Waals surface area contributed by atoms with Crippen molar-refractivity contribution in [1.82, 2.24) is 19.7 Å². The monoisotopic (exact) mass is 375 g/mol. The van der Waals surface area contributed by atoms with Crippen LogP contribution in [0.4, 0.5) is 14.5 Å². The van der Waals surface area contributed by atoms with Gasteiger partial charge in [0.2, 0.25) is 5.91 Å². The van der Waals surface area contributed by atoms with Crippen molar-refractivity contribution in [2.24, 2.45) is 0 Å². The molecule has 0 unspecified atom stereocenters. The van der Waals surface area contributed by atoms with E-state index in [2.05, 4.69) is 20.5 Å². The second-order valence-electron chi connectivity index (χ2n) is 5.23. The zero-order valence-corrected chi connectivity index (χ0v) is 14.6. The van der Waals surface area contributed by atoms with Gasteiger partial charge in [-0.3, -0.25) is 9.78 Å². The van der Waals surface area contributed by atoms with Crippen molar-refractivity contribution in [3.63, 3.8) is 0 Å². The van der Waals surface area contributed by atoms with Crippen LogP contribution < -0.4 is 5.32 Å². The molecular formula is C17H15F2N5OS. The normalized spacial score (nSPS) is 10.7. The maximum Gasteiger partial charge on any atom is 0.235 e. The minimum atomic E-state index is -0.820. The van der Waals surface area contributed by atoms with Gasteiger partial charge in [0.05, 0.1) is 5.75 Å². The number of thioether (sulfide) groups is 1. The predicted octanol–water partition coefficient (Wildman–Crippen LogP) is 3.37. The SMILES string of the molecule is CCn1c(SCC(=O)Nc2c(F)cccc2F)nnc1-c1cccnc1. The number of para-hydroxylation sites is 1. The summed E-state index contributed by atoms with van der Waals surface area (Å²) in [6.45, 7) is 2.53. The molecule has 0 saturated carbocycles. The molecule has 0 bridgehead atoms. The minimum Gasteiger partial charge on any atom is -0.320 e. The number of aromatic nitrogens is 4. The number of amides is 1. The number of nitrogens with one attached hydrogen (secondary N) is 1. The average Bonchev–Trinajstić information content (AvgIpc) is 3.07. The molecule has 3 aromatic rings. The van der Waals surface area contributed by atoms with Crippen molar-refractivity contribution >= 4 is 23.4 Å². The Morgan fingerprint density at radius 2 is 1.96 bits per heavy atom. The maximum absolute atomic E-state index is 13.6. The molecule has 0 fully saturated rings. The lowest BCUT2D eigenvalue weighted by Gasteiger charge is -2.08. The lowest BCUT2D eigenvalue weighted by atomic mass is 10.3. The molecule has 26 heavy (non-hydrogen) atoms. The highest BCUT2D eigenvalue weighted by molar-refractivity contribution is 7.99. The Morgan fingerprint density at radius 3 is 2.62 bits per heavy atom. The van der Waals surface area contributed by atoms with E-state index in [1.165, 1.54) is 6.07 Å². The first kappa shape index (κ1) is 18.0. The van der Waals surface area contributed by atoms with Gasteiger partial charge in [-0.15, -0.1) is 10.2 Å². The molecular weight excluding hydrogens is 360 g/mol. The Kier molecular flexibility index (Phi) is 5.57. The van der Waals surface area contributed by atoms with Gasteiger partial charge in [-0.05, 0) is 31.2 Å². The lowest BCUT2D eigenvalue weighted by molar-refractivity contribution is -0.113. The summed E-state index contributed by atoms with van der Waals surface area (Å²) in [5.41, 5.74) is 0.359. The van der Waals surface area contributed by atoms with Gasteiger partial charge >= 0.3 is 0 Å². The number of benzene rings is 1. The number of anilines is 1. The number of hydrogen-bond donors (Lipinski definition) is 1. The molecule has 0 spiro atoms. The van der Waals surface area contributed by atoms with Crippen LogP contribution in [-0.2, 0) is 11.3 Å². The van der Waals surface area contributed by atoms with Gasteiger partial charge in [0.1, 0.15) is 17.3 Å². The van der Waals surface area contributed by atoms with Crippen molar-refractivity contribution in [1.29, 1.82) is 0 Å². The smallest absolute Gasteiger partial charge is 0.235 e. The largest absolute Gasteiger partial charge is 0.320 e. The molecule has 9 heteroatoms. The van der Waals surface area contributed by atoms with Gasteiger partial charge in [0, 0.05) is 24.5 Å². The third kappa shape index (κ3) is 3.88. The van der Waals surface area contributed by atoms with E-state index in [0.29, 0.717) is 17.5 Å². The Morgan fingerprint density at radius 1 is 1.19 bits per heavy atom. The van der Waals surface area contributed by atoms with Crippen LogP contribution in [0.25, 0.3) is 11.4 Å². The molecule has 6 nitrogen and oxygen atoms in total. The number of hydrogen-bond acceptors (Lipinski definition) is 5. The summed E-state index contributed by atoms with van der Waals surface area (Å²) in [4.78, 5) is 16.1. The first-order chi connectivity index (χ1) is 12.6. The van der Waals surface area contributed by atoms with E-state index in [0.717, 1.165) is 29.5 Å². The first-order valence-corrected chi connectivity index (χ1v) is 8.79. The van der Waals surface area contributed by atoms with Gasteiger partial charge in [0.15, 0.2) is 11.0 Å². The number of carbonyl (C=O) groups is 1. The van der Waals surface area contributed by atoms with Gasteiger partial charge in [-0.2, -0.15) is 0 Å². The van der Waals surface area contributed by atoms with Crippen molar-refractivity contribution in [2.75, 3.05) is 11.1 Å². The molecule has 0 radical (unpaired) electrons. The summed E-state index contributed by atoms with van der Waals surface area (Å²) in [7, 11) is 0. The standard InChI is InChI=1S/C17H15F2N5OS/c1-2-24-16(11-5-4-8-20-9-11)22-23-17(24)26-10-14(25)21-15-12(18)6-3-7-13(15)19/h3-9H,2,10H2,1H3,(H,21,25). The van der Waals surface area contributed by atoms with E-state index in [1.807, 2.05) is 17.6 Å². The Hall–Kier alpha value is -2.81. The molecule has 1 amide bonds. The number of pyridine rings is 1.